The first-order valence-electron chi connectivity index (χ1n) is 11.4. The average Bonchev–Trinajstić information content (AvgIpc) is 3.19. The van der Waals surface area contributed by atoms with E-state index in [-0.39, 0.29) is 27.1 Å². The Balaban J connectivity index is 1.66. The predicted octanol–water partition coefficient (Wildman–Crippen LogP) is 3.95. The maximum absolute atomic E-state index is 12.8. The maximum atomic E-state index is 12.8. The number of hydrogen-bond donors (Lipinski definition) is 5. The number of nitrogens with two attached hydrogens (primary N) is 2. The Bertz CT molecular complexity index is 1560. The van der Waals surface area contributed by atoms with Crippen LogP contribution in [-0.4, -0.2) is 49.4 Å². The molecule has 14 heteroatoms. The van der Waals surface area contributed by atoms with Gasteiger partial charge in [-0.3, -0.25) is 0 Å². The van der Waals surface area contributed by atoms with E-state index in [0.717, 1.165) is 35.6 Å². The van der Waals surface area contributed by atoms with E-state index in [9.17, 15) is 27.9 Å². The van der Waals surface area contributed by atoms with Gasteiger partial charge in [0.05, 0.1) is 5.56 Å². The SMILES string of the molecule is CC(C)(CO)[AsH]c1nc(-c2cccc(NC(=O)Nc3ccc(C(F)(F)F)cc3)c2)c2c(N)c(C(N)=O)sc2n1. The summed E-state index contributed by atoms with van der Waals surface area (Å²) in [6.45, 7) is 3.78. The fraction of sp³-hybridized carbons (Fsp3) is 0.200. The van der Waals surface area contributed by atoms with Gasteiger partial charge in [0.15, 0.2) is 0 Å². The number of benzene rings is 2. The minimum absolute atomic E-state index is 0.0453. The molecule has 0 radical (unpaired) electrons. The van der Waals surface area contributed by atoms with Crippen molar-refractivity contribution >= 4 is 70.9 Å². The van der Waals surface area contributed by atoms with Crippen molar-refractivity contribution in [1.29, 1.82) is 0 Å². The Kier molecular flexibility index (Phi) is 7.87. The summed E-state index contributed by atoms with van der Waals surface area (Å²) in [4.78, 5) is 34.5. The van der Waals surface area contributed by atoms with E-state index in [0.29, 0.717) is 31.8 Å². The van der Waals surface area contributed by atoms with Crippen LogP contribution in [0.2, 0.25) is 4.20 Å². The molecular weight excluding hydrogens is 596 g/mol. The second-order valence-corrected chi connectivity index (χ2v) is 14.5. The first-order valence-corrected chi connectivity index (χ1v) is 14.3. The van der Waals surface area contributed by atoms with Crippen molar-refractivity contribution in [2.75, 3.05) is 23.0 Å². The summed E-state index contributed by atoms with van der Waals surface area (Å²) in [5, 5.41) is 15.4. The van der Waals surface area contributed by atoms with Crippen molar-refractivity contribution in [3.05, 3.63) is 59.0 Å². The van der Waals surface area contributed by atoms with Crippen molar-refractivity contribution in [3.63, 3.8) is 0 Å². The number of halogens is 3. The van der Waals surface area contributed by atoms with Gasteiger partial charge in [-0.25, -0.2) is 0 Å². The number of nitrogen functional groups attached to an aromatic ring is 1. The summed E-state index contributed by atoms with van der Waals surface area (Å²) >= 11 is 0.0478. The summed E-state index contributed by atoms with van der Waals surface area (Å²) in [6, 6.07) is 10.1. The third-order valence-corrected chi connectivity index (χ3v) is 9.33. The van der Waals surface area contributed by atoms with E-state index in [1.54, 1.807) is 24.3 Å². The van der Waals surface area contributed by atoms with Crippen LogP contribution in [0.5, 0.6) is 0 Å². The molecule has 3 amide bonds. The van der Waals surface area contributed by atoms with Crippen molar-refractivity contribution in [2.45, 2.75) is 24.2 Å². The molecule has 0 bridgehead atoms. The fourth-order valence-corrected chi connectivity index (χ4v) is 6.85. The molecule has 0 fully saturated rings. The number of urea groups is 1. The van der Waals surface area contributed by atoms with Crippen LogP contribution in [0.4, 0.5) is 35.0 Å². The van der Waals surface area contributed by atoms with Crippen molar-refractivity contribution in [1.82, 2.24) is 9.97 Å². The number of carbonyl (C=O) groups excluding carboxylic acids is 2. The van der Waals surface area contributed by atoms with Crippen LogP contribution in [0, 0.1) is 0 Å². The number of nitrogens with one attached hydrogen (secondary N) is 2. The van der Waals surface area contributed by atoms with E-state index in [1.165, 1.54) is 0 Å². The second kappa shape index (κ2) is 10.8. The number of aliphatic hydroxyl groups excluding tert-OH is 1. The topological polar surface area (TPSA) is 156 Å². The molecule has 2 aromatic heterocycles. The van der Waals surface area contributed by atoms with Gasteiger partial charge in [-0.2, -0.15) is 13.2 Å². The van der Waals surface area contributed by atoms with Gasteiger partial charge in [-0.1, -0.05) is 0 Å². The van der Waals surface area contributed by atoms with E-state index in [2.05, 4.69) is 15.6 Å². The van der Waals surface area contributed by atoms with Gasteiger partial charge in [0.25, 0.3) is 0 Å². The number of carbonyl (C=O) groups is 2. The summed E-state index contributed by atoms with van der Waals surface area (Å²) in [5.41, 5.74) is 12.7. The van der Waals surface area contributed by atoms with Crippen LogP contribution in [0.1, 0.15) is 29.1 Å². The first kappa shape index (κ1) is 28.3. The van der Waals surface area contributed by atoms with Gasteiger partial charge >= 0.3 is 213 Å². The first-order chi connectivity index (χ1) is 18.3. The number of aliphatic hydroxyl groups is 1. The van der Waals surface area contributed by atoms with Crippen molar-refractivity contribution < 1.29 is 27.9 Å². The molecule has 2 aromatic carbocycles. The molecule has 0 aliphatic rings. The van der Waals surface area contributed by atoms with Crippen LogP contribution in [0.3, 0.4) is 0 Å². The zero-order valence-corrected chi connectivity index (χ0v) is 23.6. The monoisotopic (exact) mass is 620 g/mol. The third-order valence-electron chi connectivity index (χ3n) is 5.52. The van der Waals surface area contributed by atoms with Crippen LogP contribution in [0.25, 0.3) is 21.5 Å². The van der Waals surface area contributed by atoms with Gasteiger partial charge in [0.1, 0.15) is 0 Å². The Morgan fingerprint density at radius 2 is 1.72 bits per heavy atom. The molecule has 0 saturated carbocycles. The van der Waals surface area contributed by atoms with Gasteiger partial charge in [-0.05, 0) is 0 Å². The normalized spacial score (nSPS) is 12.3. The van der Waals surface area contributed by atoms with Crippen LogP contribution in [-0.2, 0) is 6.18 Å². The molecule has 0 aliphatic carbocycles. The second-order valence-electron chi connectivity index (χ2n) is 9.19. The molecular formula is C25H24AsF3N6O3S. The minimum atomic E-state index is -4.48. The molecule has 4 aromatic rings. The Morgan fingerprint density at radius 1 is 1.05 bits per heavy atom. The molecule has 0 aliphatic heterocycles. The Labute approximate surface area is 231 Å². The van der Waals surface area contributed by atoms with Crippen molar-refractivity contribution in [3.8, 4) is 11.3 Å². The summed E-state index contributed by atoms with van der Waals surface area (Å²) < 4.78 is 38.5. The molecule has 0 saturated heterocycles. The zero-order valence-electron chi connectivity index (χ0n) is 20.7. The number of amides is 3. The van der Waals surface area contributed by atoms with E-state index >= 15 is 0 Å². The number of primary amides is 1. The number of nitrogens with zero attached hydrogens (tertiary/aromatic N) is 2. The molecule has 204 valence electrons. The molecule has 7 N–H and O–H groups in total. The van der Waals surface area contributed by atoms with Gasteiger partial charge in [0.2, 0.25) is 0 Å². The number of alkyl halides is 3. The summed E-state index contributed by atoms with van der Waals surface area (Å²) in [5.74, 6) is -0.690. The average molecular weight is 620 g/mol. The Morgan fingerprint density at radius 3 is 2.33 bits per heavy atom. The number of rotatable bonds is 7. The molecule has 1 atom stereocenters. The van der Waals surface area contributed by atoms with E-state index in [1.807, 2.05) is 13.8 Å². The van der Waals surface area contributed by atoms with E-state index in [4.69, 9.17) is 16.5 Å². The van der Waals surface area contributed by atoms with Gasteiger partial charge < -0.3 is 0 Å². The third kappa shape index (κ3) is 6.49. The standard InChI is InChI=1S/C25H24AsF3N6O3S/c1-24(2,11-36)26-22-34-18(16-17(30)19(20(31)37)39-21(16)35-22)12-4-3-5-15(10-12)33-23(38)32-14-8-6-13(7-9-14)25(27,28)29/h3-10,26,36H,11,30H2,1-2H3,(H2,31,37)(H2,32,33,38). The Hall–Kier alpha value is -3.67. The summed E-state index contributed by atoms with van der Waals surface area (Å²) in [6.07, 6.45) is -4.48. The van der Waals surface area contributed by atoms with Crippen LogP contribution < -0.4 is 26.7 Å². The number of hydrogen-bond acceptors (Lipinski definition) is 7. The van der Waals surface area contributed by atoms with Gasteiger partial charge in [-0.15, -0.1) is 0 Å². The van der Waals surface area contributed by atoms with E-state index < -0.39 is 39.4 Å². The van der Waals surface area contributed by atoms with Crippen LogP contribution >= 0.6 is 11.3 Å². The fourth-order valence-electron chi connectivity index (χ4n) is 3.59. The molecule has 4 rings (SSSR count). The van der Waals surface area contributed by atoms with Gasteiger partial charge in [0, 0.05) is 0 Å². The number of anilines is 3. The zero-order chi connectivity index (χ0) is 28.5. The molecule has 2 heterocycles. The molecule has 9 nitrogen and oxygen atoms in total. The molecule has 0 spiro atoms. The van der Waals surface area contributed by atoms with Crippen molar-refractivity contribution in [2.24, 2.45) is 5.73 Å². The number of thiophene rings is 1. The molecule has 1 unspecified atom stereocenters. The number of fused-ring (bicyclic) bond motifs is 1. The quantitative estimate of drug-likeness (QED) is 0.197. The molecule has 39 heavy (non-hydrogen) atoms. The van der Waals surface area contributed by atoms with Crippen LogP contribution in [0.15, 0.2) is 48.5 Å². The predicted molar refractivity (Wildman–Crippen MR) is 148 cm³/mol. The summed E-state index contributed by atoms with van der Waals surface area (Å²) in [7, 11) is 0. The number of aromatic nitrogens is 2.